The number of nitrogens with one attached hydrogen (secondary N) is 6. The second-order valence-electron chi connectivity index (χ2n) is 35.1. The monoisotopic (exact) mass is 2000 g/mol. The van der Waals surface area contributed by atoms with Gasteiger partial charge < -0.3 is 64.3 Å². The number of hydrogen-bond acceptors (Lipinski definition) is 34. The molecule has 135 heavy (non-hydrogen) atoms. The molecule has 18 atom stereocenters. The van der Waals surface area contributed by atoms with Crippen molar-refractivity contribution in [1.29, 1.82) is 0 Å². The molecule has 44 nitrogen and oxygen atoms in total. The fourth-order valence-corrected chi connectivity index (χ4v) is 21.9. The third kappa shape index (κ3) is 23.2. The summed E-state index contributed by atoms with van der Waals surface area (Å²) in [5.41, 5.74) is -0.501. The van der Waals surface area contributed by atoms with Crippen molar-refractivity contribution in [1.82, 2.24) is 78.1 Å². The molecule has 0 saturated carbocycles. The molecule has 15 rings (SSSR count). The van der Waals surface area contributed by atoms with Crippen LogP contribution in [-0.2, 0) is 59.9 Å². The zero-order chi connectivity index (χ0) is 95.2. The molecule has 4 aliphatic heterocycles. The van der Waals surface area contributed by atoms with E-state index in [2.05, 4.69) is 81.1 Å². The largest absolute Gasteiger partial charge is 1.00 e. The molecule has 4 saturated heterocycles. The number of aliphatic hydroxyl groups is 3. The summed E-state index contributed by atoms with van der Waals surface area (Å²) in [4.78, 5) is 161. The number of carbonyl (C=O) groups excluding carboxylic acids is 5. The van der Waals surface area contributed by atoms with E-state index in [4.69, 9.17) is 41.2 Å². The van der Waals surface area contributed by atoms with E-state index in [0.717, 1.165) is 36.2 Å². The number of anilines is 4. The molecule has 8 aromatic heterocycles. The number of aliphatic hydroxyl groups excluding tert-OH is 3. The van der Waals surface area contributed by atoms with E-state index in [1.165, 1.54) is 55.7 Å². The number of fused-ring (bicyclic) bond motifs is 4. The van der Waals surface area contributed by atoms with Crippen LogP contribution in [-0.4, -0.2) is 253 Å². The minimum absolute atomic E-state index is 0. The Balaban J connectivity index is 0.000000256. The minimum Gasteiger partial charge on any atom is -0.870 e. The Morgan fingerprint density at radius 3 is 1.27 bits per heavy atom. The average Bonchev–Trinajstić information content (AvgIpc) is 1.59. The number of rotatable bonds is 30. The summed E-state index contributed by atoms with van der Waals surface area (Å²) >= 11 is 2.25. The van der Waals surface area contributed by atoms with Gasteiger partial charge in [-0.1, -0.05) is 131 Å². The fourth-order valence-electron chi connectivity index (χ4n) is 14.1. The van der Waals surface area contributed by atoms with Crippen molar-refractivity contribution in [2.45, 2.75) is 208 Å². The first kappa shape index (κ1) is 106. The maximum atomic E-state index is 17.0. The van der Waals surface area contributed by atoms with Gasteiger partial charge in [-0.05, 0) is 72.7 Å². The second-order valence-corrected chi connectivity index (χ2v) is 50.1. The number of carbonyl (C=O) groups is 5. The van der Waals surface area contributed by atoms with Crippen LogP contribution in [0.5, 0.6) is 0 Å². The second kappa shape index (κ2) is 43.0. The first-order valence-corrected chi connectivity index (χ1v) is 52.4. The van der Waals surface area contributed by atoms with E-state index in [0.29, 0.717) is 11.1 Å². The minimum atomic E-state index is -5.29. The zero-order valence-corrected chi connectivity index (χ0v) is 82.5. The molecule has 11 aromatic rings. The van der Waals surface area contributed by atoms with Crippen LogP contribution >= 0.6 is 39.2 Å². The average molecular weight is 2000 g/mol. The van der Waals surface area contributed by atoms with Gasteiger partial charge in [-0.25, -0.2) is 62.6 Å². The normalized spacial score (nSPS) is 24.0. The molecule has 4 fully saturated rings. The standard InChI is InChI=1S/C44H52FN10O12PSSi.C37H48FN10O11PSSi.CH4.Na.H2O/c1-23(2)37(57)52-43-51-36-30(39(59)53-43)49-22-55(36)41-33(32(27(18-56)69-41)67-70(6,7)44(3,4)5)66-68(61,62)63-19-26-31(65-42(60)25-16-12-9-13-17-25)28(45)40(64-26)54-21-48-29-34(46-20-47-35(29)54)50-38(58)24-14-10-8-11-15-24;1-18(2)31(51)45-36-44-30-24(33(53)46-36)42-17-48(30)35-27(26(21(13-49)61-35)59-62(6,7)37(3,4)5)58-60(54,55)56-14-20-25(50)22(38)34(57-20)47-16-41-23-28(39-15-40-29(23)47)43-32(52)19-11-9-8-10-12-19;;;/h8-17,20-23,26-28,31-33,40-41,56H,18-19H2,1-7H3,(H,61,62)(H,46,47,50,58)(H2,51,52,53,57,59);8-12,15-18,20-22,25-27,34-35,49-50H,13-14H2,1-7H3,(H,54,55)(H,39,40,43,52)(H2,44,45,46,51,53);1H4;;1H2/q;;;+1;/p-1/t26-,27-,28+,31-,32-,33-,40-,41-;20-,21-,22+,25-,26-,27-,34-,35-;;;/m11.../s1. The Bertz CT molecular complexity index is 6310. The van der Waals surface area contributed by atoms with Crippen LogP contribution in [0, 0.1) is 11.8 Å². The Kier molecular flexibility index (Phi) is 33.8. The summed E-state index contributed by atoms with van der Waals surface area (Å²) in [6.45, 7) is 23.8. The van der Waals surface area contributed by atoms with E-state index in [9.17, 15) is 67.8 Å². The molecule has 0 aliphatic carbocycles. The van der Waals surface area contributed by atoms with Crippen LogP contribution in [0.4, 0.5) is 32.3 Å². The van der Waals surface area contributed by atoms with Gasteiger partial charge in [-0.15, -0.1) is 23.5 Å². The third-order valence-corrected chi connectivity index (χ3v) is 37.3. The van der Waals surface area contributed by atoms with Gasteiger partial charge in [-0.2, -0.15) is 9.97 Å². The predicted octanol–water partition coefficient (Wildman–Crippen LogP) is 7.13. The van der Waals surface area contributed by atoms with Gasteiger partial charge in [0.1, 0.15) is 53.9 Å². The first-order chi connectivity index (χ1) is 62.3. The molecule has 12 N–H and O–H groups in total. The number of aromatic nitrogens is 16. The molecule has 4 amide bonds. The summed E-state index contributed by atoms with van der Waals surface area (Å²) in [6.07, 6.45) is -11.6. The molecule has 12 heterocycles. The molecular formula is C82H105F2N20NaO24P2S2Si2. The van der Waals surface area contributed by atoms with Crippen molar-refractivity contribution < 1.29 is 143 Å². The Morgan fingerprint density at radius 1 is 0.519 bits per heavy atom. The summed E-state index contributed by atoms with van der Waals surface area (Å²) < 4.78 is 121. The number of halogens is 2. The fraction of sp³-hybridized carbons (Fsp3) is 0.476. The zero-order valence-electron chi connectivity index (χ0n) is 75.1. The number of imidazole rings is 4. The van der Waals surface area contributed by atoms with Crippen LogP contribution in [0.3, 0.4) is 0 Å². The molecule has 722 valence electrons. The van der Waals surface area contributed by atoms with Crippen molar-refractivity contribution in [2.24, 2.45) is 11.8 Å². The van der Waals surface area contributed by atoms with Gasteiger partial charge in [0.2, 0.25) is 23.7 Å². The Labute approximate surface area is 803 Å². The number of hydrogen-bond donors (Lipinski definition) is 11. The molecule has 4 aliphatic rings. The van der Waals surface area contributed by atoms with Crippen molar-refractivity contribution in [3.63, 3.8) is 0 Å². The molecule has 2 unspecified atom stereocenters. The first-order valence-electron chi connectivity index (χ1n) is 41.7. The van der Waals surface area contributed by atoms with Crippen LogP contribution in [0.25, 0.3) is 44.7 Å². The quantitative estimate of drug-likeness (QED) is 0.0121. The van der Waals surface area contributed by atoms with E-state index < -0.39 is 206 Å². The maximum Gasteiger partial charge on any atom is 1.00 e. The summed E-state index contributed by atoms with van der Waals surface area (Å²) in [7, 11) is -15.9. The topological polar surface area (TPSA) is 596 Å². The summed E-state index contributed by atoms with van der Waals surface area (Å²) in [5.74, 6) is -3.88. The number of alkyl halides is 2. The van der Waals surface area contributed by atoms with Crippen LogP contribution in [0.2, 0.25) is 36.3 Å². The van der Waals surface area contributed by atoms with Gasteiger partial charge in [0.15, 0.2) is 104 Å². The Morgan fingerprint density at radius 2 is 0.881 bits per heavy atom. The number of benzene rings is 3. The molecule has 53 heteroatoms. The van der Waals surface area contributed by atoms with Gasteiger partial charge in [0.05, 0.1) is 80.0 Å². The number of H-pyrrole nitrogens is 2. The maximum absolute atomic E-state index is 17.0. The van der Waals surface area contributed by atoms with Crippen LogP contribution < -0.4 is 61.9 Å². The number of nitrogens with zero attached hydrogens (tertiary/aromatic N) is 14. The molecule has 0 radical (unpaired) electrons. The van der Waals surface area contributed by atoms with Crippen LogP contribution in [0.15, 0.2) is 139 Å². The molecule has 0 spiro atoms. The van der Waals surface area contributed by atoms with E-state index >= 15 is 8.78 Å². The van der Waals surface area contributed by atoms with Crippen molar-refractivity contribution in [3.05, 3.63) is 166 Å². The molecule has 0 bridgehead atoms. The predicted molar refractivity (Wildman–Crippen MR) is 491 cm³/mol. The number of esters is 1. The molecule has 3 aromatic carbocycles. The summed E-state index contributed by atoms with van der Waals surface area (Å²) in [5, 5.41) is 38.6. The number of phosphoric acid groups is 2. The SMILES string of the molecule is C.CC(C)C(=O)Nc1nc2c(ncn2[C@@H]2S[C@H](CO)[C@@H](O[Si](C)(C)C(C)(C)C)[C@H]2OP(=O)(O)OC[C@H]2O[C@@H](n3cnc4c(NC(=O)c5ccccc5)ncnc43)[C@@H](F)[C@@H]2O)c(=O)[nH]1.CC(C)C(=O)Nc1nc2c(ncn2[C@@H]2S[C@H](CO)[C@@H](O[Si](C)(C)C(C)(C)C)[C@H]2OP(=O)(O)OC[C@H]2O[C@@H](n3cnc4c(NC(=O)c5ccccc5)ncnc43)[C@@H](F)[C@@H]2OC(=O)c2ccccc2)c(=O)[nH]1.[Na+].[OH-]. The Hall–Kier alpha value is -9.30. The number of ether oxygens (including phenoxy) is 3. The van der Waals surface area contributed by atoms with E-state index in [-0.39, 0.29) is 126 Å². The van der Waals surface area contributed by atoms with E-state index in [1.54, 1.807) is 107 Å². The smallest absolute Gasteiger partial charge is 0.870 e. The van der Waals surface area contributed by atoms with E-state index in [1.807, 2.05) is 67.7 Å². The van der Waals surface area contributed by atoms with Gasteiger partial charge >= 0.3 is 51.2 Å². The number of phosphoric ester groups is 2. The number of amides is 4. The third-order valence-electron chi connectivity index (χ3n) is 23.3. The number of aromatic amines is 2. The van der Waals surface area contributed by atoms with Crippen molar-refractivity contribution in [3.8, 4) is 0 Å². The van der Waals surface area contributed by atoms with Crippen LogP contribution in [0.1, 0.15) is 131 Å². The molecular weight excluding hydrogens is 1890 g/mol. The summed E-state index contributed by atoms with van der Waals surface area (Å²) in [6, 6.07) is 24.5. The number of thioether (sulfide) groups is 2. The van der Waals surface area contributed by atoms with Gasteiger partial charge in [0.25, 0.3) is 22.9 Å². The van der Waals surface area contributed by atoms with Crippen molar-refractivity contribution in [2.75, 3.05) is 47.7 Å². The van der Waals surface area contributed by atoms with Gasteiger partial charge in [0, 0.05) is 23.0 Å². The van der Waals surface area contributed by atoms with Crippen molar-refractivity contribution >= 4 is 154 Å². The van der Waals surface area contributed by atoms with Gasteiger partial charge in [-0.3, -0.25) is 85.7 Å².